The summed E-state index contributed by atoms with van der Waals surface area (Å²) in [6.07, 6.45) is 33.3. The van der Waals surface area contributed by atoms with E-state index in [1.807, 2.05) is 12.2 Å². The third-order valence-electron chi connectivity index (χ3n) is 10.6. The Morgan fingerprint density at radius 1 is 0.725 bits per heavy atom. The number of esters is 2. The number of unbranched alkanes of at least 4 members (excludes halogenated alkanes) is 13. The van der Waals surface area contributed by atoms with Crippen LogP contribution in [0.15, 0.2) is 77.8 Å². The molecule has 0 saturated carbocycles. The number of aliphatic hydroxyl groups excluding tert-OH is 3. The lowest BCUT2D eigenvalue weighted by atomic mass is 10.1. The number of carbonyl (C=O) groups excluding carboxylic acids is 2. The van der Waals surface area contributed by atoms with E-state index in [9.17, 15) is 43.5 Å². The van der Waals surface area contributed by atoms with E-state index in [2.05, 4.69) is 64.8 Å². The molecule has 2 rings (SSSR count). The van der Waals surface area contributed by atoms with Crippen LogP contribution in [-0.4, -0.2) is 97.4 Å². The quantitative estimate of drug-likeness (QED) is 0.0155. The summed E-state index contributed by atoms with van der Waals surface area (Å²) in [6, 6.07) is 1.24. The molecule has 1 fully saturated rings. The number of allylic oxidation sites excluding steroid dienone is 10. The van der Waals surface area contributed by atoms with Crippen LogP contribution in [0.4, 0.5) is 5.82 Å². The molecule has 0 spiro atoms. The number of nitrogens with zero attached hydrogens (tertiary/aromatic N) is 2. The van der Waals surface area contributed by atoms with Crippen molar-refractivity contribution in [2.75, 3.05) is 32.2 Å². The van der Waals surface area contributed by atoms with E-state index in [1.54, 1.807) is 0 Å². The Balaban J connectivity index is 1.83. The van der Waals surface area contributed by atoms with Crippen LogP contribution in [0.3, 0.4) is 0 Å². The van der Waals surface area contributed by atoms with Crippen LogP contribution >= 0.6 is 15.6 Å². The van der Waals surface area contributed by atoms with Crippen LogP contribution in [-0.2, 0) is 46.3 Å². The highest BCUT2D eigenvalue weighted by atomic mass is 31.3. The molecule has 0 aromatic carbocycles. The van der Waals surface area contributed by atoms with Crippen LogP contribution in [0.5, 0.6) is 0 Å². The summed E-state index contributed by atoms with van der Waals surface area (Å²) in [4.78, 5) is 61.8. The number of ether oxygens (including phenoxy) is 3. The van der Waals surface area contributed by atoms with Crippen LogP contribution in [0.1, 0.15) is 154 Å². The van der Waals surface area contributed by atoms with Crippen molar-refractivity contribution in [2.45, 2.75) is 179 Å². The van der Waals surface area contributed by atoms with Gasteiger partial charge >= 0.3 is 33.3 Å². The van der Waals surface area contributed by atoms with Crippen molar-refractivity contribution >= 4 is 33.4 Å². The number of hydrogen-bond acceptors (Lipinski definition) is 16. The largest absolute Gasteiger partial charge is 0.481 e. The molecular weight excluding hydrogens is 936 g/mol. The molecule has 1 saturated heterocycles. The number of nitrogen functional groups attached to an aromatic ring is 1. The van der Waals surface area contributed by atoms with E-state index in [4.69, 9.17) is 34.1 Å². The predicted molar refractivity (Wildman–Crippen MR) is 262 cm³/mol. The fourth-order valence-corrected chi connectivity index (χ4v) is 8.92. The number of nitrogens with two attached hydrogens (primary N) is 1. The van der Waals surface area contributed by atoms with E-state index in [1.165, 1.54) is 31.7 Å². The third kappa shape index (κ3) is 30.0. The van der Waals surface area contributed by atoms with Gasteiger partial charge in [0.1, 0.15) is 30.7 Å². The Hall–Kier alpha value is -3.58. The van der Waals surface area contributed by atoms with Gasteiger partial charge in [-0.25, -0.2) is 13.9 Å². The van der Waals surface area contributed by atoms with Gasteiger partial charge in [0.25, 0.3) is 0 Å². The maximum Gasteiger partial charge on any atom is 0.481 e. The predicted octanol–water partition coefficient (Wildman–Crippen LogP) is 8.53. The fourth-order valence-electron chi connectivity index (χ4n) is 6.81. The first-order valence-electron chi connectivity index (χ1n) is 24.4. The number of aliphatic hydroxyl groups is 3. The van der Waals surface area contributed by atoms with Crippen LogP contribution in [0.2, 0.25) is 0 Å². The first-order chi connectivity index (χ1) is 33.2. The smallest absolute Gasteiger partial charge is 0.462 e. The number of hydrogen-bond donors (Lipinski definition) is 6. The second-order valence-corrected chi connectivity index (χ2v) is 19.7. The van der Waals surface area contributed by atoms with Gasteiger partial charge in [-0.15, -0.1) is 0 Å². The van der Waals surface area contributed by atoms with Crippen molar-refractivity contribution in [2.24, 2.45) is 0 Å². The SMILES string of the molecule is CCCCCC/C=C\CCCCCCCC(=O)O[C@H](COC(=O)CCC/C=C\C/C=C\C/C=C\C/C=C\CCCCCO)COP(=O)(O)OP(=O)(O)OC[C@H]1O[C@@H](n2ccc(N)nc2=O)[C@H](O)[C@@H]1O. The molecule has 392 valence electrons. The minimum absolute atomic E-state index is 0.0206. The molecule has 0 amide bonds. The van der Waals surface area contributed by atoms with Crippen LogP contribution in [0.25, 0.3) is 0 Å². The monoisotopic (exact) mass is 1020 g/mol. The second kappa shape index (κ2) is 37.2. The molecule has 1 aromatic rings. The van der Waals surface area contributed by atoms with Crippen molar-refractivity contribution in [1.29, 1.82) is 0 Å². The zero-order chi connectivity index (χ0) is 50.6. The van der Waals surface area contributed by atoms with E-state index in [0.717, 1.165) is 94.2 Å². The Bertz CT molecular complexity index is 1890. The van der Waals surface area contributed by atoms with Crippen molar-refractivity contribution in [3.8, 4) is 0 Å². The summed E-state index contributed by atoms with van der Waals surface area (Å²) >= 11 is 0. The summed E-state index contributed by atoms with van der Waals surface area (Å²) < 4.78 is 56.6. The Labute approximate surface area is 407 Å². The molecule has 0 bridgehead atoms. The van der Waals surface area contributed by atoms with E-state index < -0.39 is 83.7 Å². The van der Waals surface area contributed by atoms with Gasteiger partial charge in [-0.1, -0.05) is 113 Å². The Kier molecular flexibility index (Phi) is 33.2. The summed E-state index contributed by atoms with van der Waals surface area (Å²) in [7, 11) is -10.9. The lowest BCUT2D eigenvalue weighted by Crippen LogP contribution is -2.36. The van der Waals surface area contributed by atoms with Gasteiger partial charge in [-0.2, -0.15) is 9.29 Å². The van der Waals surface area contributed by atoms with Crippen LogP contribution < -0.4 is 11.4 Å². The lowest BCUT2D eigenvalue weighted by Gasteiger charge is -2.21. The van der Waals surface area contributed by atoms with E-state index >= 15 is 0 Å². The number of anilines is 1. The molecule has 1 aromatic heterocycles. The number of phosphoric ester groups is 2. The zero-order valence-electron chi connectivity index (χ0n) is 40.3. The molecule has 2 heterocycles. The molecule has 7 N–H and O–H groups in total. The highest BCUT2D eigenvalue weighted by molar-refractivity contribution is 7.61. The summed E-state index contributed by atoms with van der Waals surface area (Å²) in [6.45, 7) is 0.0624. The standard InChI is InChI=1S/C48H79N3O16P2/c1-2-3-4-5-6-7-8-14-18-21-24-27-30-33-44(54)65-40(37-62-43(53)32-29-26-23-20-17-15-12-10-9-11-13-16-19-22-25-28-31-36-52)38-63-68(58,59)67-69(60,61)64-39-41-45(55)46(56)47(66-41)51-35-34-42(49)50-48(51)57/h7-9,11-12,15-16,19-20,23,34-35,40-41,45-47,52,55-56H,2-6,10,13-14,17-18,21-22,24-33,36-39H2,1H3,(H,58,59)(H,60,61)(H2,49,50,57)/b8-7-,11-9-,15-12-,19-16-,23-20-/t40-,41-,45-,46-,47-/m1/s1. The summed E-state index contributed by atoms with van der Waals surface area (Å²) in [5.41, 5.74) is 4.57. The molecule has 1 aliphatic heterocycles. The Morgan fingerprint density at radius 2 is 1.25 bits per heavy atom. The van der Waals surface area contributed by atoms with Crippen molar-refractivity contribution < 1.29 is 71.4 Å². The zero-order valence-corrected chi connectivity index (χ0v) is 42.1. The fraction of sp³-hybridized carbons (Fsp3) is 0.667. The average molecular weight is 1020 g/mol. The molecule has 1 aliphatic rings. The van der Waals surface area contributed by atoms with Gasteiger partial charge in [-0.3, -0.25) is 23.2 Å². The minimum Gasteiger partial charge on any atom is -0.462 e. The molecule has 0 aliphatic carbocycles. The normalized spacial score (nSPS) is 19.9. The maximum atomic E-state index is 12.8. The Morgan fingerprint density at radius 3 is 1.86 bits per heavy atom. The summed E-state index contributed by atoms with van der Waals surface area (Å²) in [5.74, 6) is -1.40. The highest BCUT2D eigenvalue weighted by Crippen LogP contribution is 2.60. The highest BCUT2D eigenvalue weighted by Gasteiger charge is 2.46. The van der Waals surface area contributed by atoms with Gasteiger partial charge in [0.2, 0.25) is 0 Å². The molecule has 0 radical (unpaired) electrons. The van der Waals surface area contributed by atoms with Gasteiger partial charge in [0, 0.05) is 25.6 Å². The molecule has 2 unspecified atom stereocenters. The first kappa shape index (κ1) is 61.5. The van der Waals surface area contributed by atoms with Crippen LogP contribution in [0, 0.1) is 0 Å². The lowest BCUT2D eigenvalue weighted by molar-refractivity contribution is -0.161. The number of rotatable bonds is 40. The van der Waals surface area contributed by atoms with Crippen molar-refractivity contribution in [1.82, 2.24) is 9.55 Å². The van der Waals surface area contributed by atoms with Crippen molar-refractivity contribution in [3.05, 3.63) is 83.5 Å². The van der Waals surface area contributed by atoms with E-state index in [-0.39, 0.29) is 25.3 Å². The number of phosphoric acid groups is 2. The second-order valence-electron chi connectivity index (χ2n) is 16.7. The molecular formula is C48H79N3O16P2. The average Bonchev–Trinajstić information content (AvgIpc) is 3.58. The maximum absolute atomic E-state index is 12.8. The molecule has 19 nitrogen and oxygen atoms in total. The molecule has 21 heteroatoms. The van der Waals surface area contributed by atoms with Crippen molar-refractivity contribution in [3.63, 3.8) is 0 Å². The number of carbonyl (C=O) groups is 2. The summed E-state index contributed by atoms with van der Waals surface area (Å²) in [5, 5.41) is 29.7. The third-order valence-corrected chi connectivity index (χ3v) is 13.2. The van der Waals surface area contributed by atoms with Gasteiger partial charge < -0.3 is 45.1 Å². The van der Waals surface area contributed by atoms with Gasteiger partial charge in [0.15, 0.2) is 12.3 Å². The minimum atomic E-state index is -5.44. The number of aromatic nitrogens is 2. The van der Waals surface area contributed by atoms with E-state index in [0.29, 0.717) is 19.3 Å². The van der Waals surface area contributed by atoms with Gasteiger partial charge in [0.05, 0.1) is 13.2 Å². The first-order valence-corrected chi connectivity index (χ1v) is 27.4. The van der Waals surface area contributed by atoms with Gasteiger partial charge in [-0.05, 0) is 89.5 Å². The molecule has 69 heavy (non-hydrogen) atoms. The molecule has 7 atom stereocenters. The topological polar surface area (TPSA) is 286 Å².